The summed E-state index contributed by atoms with van der Waals surface area (Å²) >= 11 is 0. The molecule has 18 heavy (non-hydrogen) atoms. The zero-order valence-corrected chi connectivity index (χ0v) is 11.4. The van der Waals surface area contributed by atoms with Crippen molar-refractivity contribution in [3.05, 3.63) is 17.5 Å². The molecule has 1 atom stereocenters. The summed E-state index contributed by atoms with van der Waals surface area (Å²) in [5.41, 5.74) is 2.11. The highest BCUT2D eigenvalue weighted by atomic mass is 16.1. The normalized spacial score (nSPS) is 17.3. The Labute approximate surface area is 108 Å². The van der Waals surface area contributed by atoms with Gasteiger partial charge in [-0.1, -0.05) is 0 Å². The SMILES string of the molecule is Cc1cc(C)n(C(C)CC(=O)NCC2CNC2)n1. The van der Waals surface area contributed by atoms with E-state index in [9.17, 15) is 4.79 Å². The van der Waals surface area contributed by atoms with E-state index in [0.717, 1.165) is 31.0 Å². The Hall–Kier alpha value is -1.36. The summed E-state index contributed by atoms with van der Waals surface area (Å²) in [5.74, 6) is 0.722. The summed E-state index contributed by atoms with van der Waals surface area (Å²) in [6, 6.07) is 2.15. The van der Waals surface area contributed by atoms with E-state index in [4.69, 9.17) is 0 Å². The third-order valence-electron chi connectivity index (χ3n) is 3.40. The van der Waals surface area contributed by atoms with Crippen LogP contribution in [0.2, 0.25) is 0 Å². The van der Waals surface area contributed by atoms with Crippen LogP contribution in [-0.4, -0.2) is 35.3 Å². The average Bonchev–Trinajstić information content (AvgIpc) is 2.55. The first-order valence-electron chi connectivity index (χ1n) is 6.56. The Morgan fingerprint density at radius 3 is 2.83 bits per heavy atom. The van der Waals surface area contributed by atoms with Gasteiger partial charge in [0.2, 0.25) is 5.91 Å². The summed E-state index contributed by atoms with van der Waals surface area (Å²) in [5, 5.41) is 10.6. The molecule has 1 saturated heterocycles. The van der Waals surface area contributed by atoms with Crippen LogP contribution in [0.25, 0.3) is 0 Å². The Balaban J connectivity index is 1.80. The quantitative estimate of drug-likeness (QED) is 0.812. The zero-order chi connectivity index (χ0) is 13.1. The van der Waals surface area contributed by atoms with Crippen molar-refractivity contribution in [1.82, 2.24) is 20.4 Å². The molecule has 0 radical (unpaired) electrons. The second-order valence-corrected chi connectivity index (χ2v) is 5.25. The van der Waals surface area contributed by atoms with Gasteiger partial charge >= 0.3 is 0 Å². The largest absolute Gasteiger partial charge is 0.356 e. The first-order chi connectivity index (χ1) is 8.56. The molecule has 1 aliphatic rings. The highest BCUT2D eigenvalue weighted by Gasteiger charge is 2.18. The molecule has 100 valence electrons. The van der Waals surface area contributed by atoms with Crippen molar-refractivity contribution in [3.63, 3.8) is 0 Å². The Bertz CT molecular complexity index is 423. The van der Waals surface area contributed by atoms with E-state index >= 15 is 0 Å². The lowest BCUT2D eigenvalue weighted by Gasteiger charge is -2.27. The maximum Gasteiger partial charge on any atom is 0.222 e. The van der Waals surface area contributed by atoms with Crippen molar-refractivity contribution in [2.45, 2.75) is 33.2 Å². The van der Waals surface area contributed by atoms with Crippen molar-refractivity contribution in [3.8, 4) is 0 Å². The van der Waals surface area contributed by atoms with Gasteiger partial charge in [0.05, 0.1) is 11.7 Å². The number of rotatable bonds is 5. The molecular formula is C13H22N4O. The monoisotopic (exact) mass is 250 g/mol. The number of nitrogens with one attached hydrogen (secondary N) is 2. The van der Waals surface area contributed by atoms with Crippen LogP contribution >= 0.6 is 0 Å². The minimum absolute atomic E-state index is 0.109. The van der Waals surface area contributed by atoms with Crippen LogP contribution in [0.1, 0.15) is 30.8 Å². The number of hydrogen-bond donors (Lipinski definition) is 2. The fourth-order valence-electron chi connectivity index (χ4n) is 2.27. The molecule has 1 aliphatic heterocycles. The molecule has 1 aromatic rings. The van der Waals surface area contributed by atoms with Gasteiger partial charge in [0.15, 0.2) is 0 Å². The summed E-state index contributed by atoms with van der Waals surface area (Å²) in [7, 11) is 0. The van der Waals surface area contributed by atoms with Gasteiger partial charge in [-0.15, -0.1) is 0 Å². The standard InChI is InChI=1S/C13H22N4O/c1-9-4-10(2)17(16-9)11(3)5-13(18)15-8-12-6-14-7-12/h4,11-12,14H,5-8H2,1-3H3,(H,15,18). The number of aryl methyl sites for hydroxylation is 2. The van der Waals surface area contributed by atoms with Crippen LogP contribution in [0.4, 0.5) is 0 Å². The van der Waals surface area contributed by atoms with Crippen LogP contribution in [0, 0.1) is 19.8 Å². The molecule has 1 fully saturated rings. The lowest BCUT2D eigenvalue weighted by atomic mass is 10.0. The first kappa shape index (κ1) is 13.1. The maximum absolute atomic E-state index is 11.8. The Morgan fingerprint density at radius 1 is 1.61 bits per heavy atom. The lowest BCUT2D eigenvalue weighted by molar-refractivity contribution is -0.122. The predicted octanol–water partition coefficient (Wildman–Crippen LogP) is 0.787. The molecule has 5 nitrogen and oxygen atoms in total. The highest BCUT2D eigenvalue weighted by molar-refractivity contribution is 5.76. The fourth-order valence-corrected chi connectivity index (χ4v) is 2.27. The molecule has 1 unspecified atom stereocenters. The third kappa shape index (κ3) is 3.10. The second kappa shape index (κ2) is 5.52. The predicted molar refractivity (Wildman–Crippen MR) is 70.4 cm³/mol. The number of carbonyl (C=O) groups is 1. The molecule has 2 rings (SSSR count). The van der Waals surface area contributed by atoms with Gasteiger partial charge in [-0.05, 0) is 26.8 Å². The van der Waals surface area contributed by atoms with Gasteiger partial charge in [-0.25, -0.2) is 0 Å². The van der Waals surface area contributed by atoms with Crippen LogP contribution in [0.5, 0.6) is 0 Å². The van der Waals surface area contributed by atoms with E-state index in [1.54, 1.807) is 0 Å². The number of nitrogens with zero attached hydrogens (tertiary/aromatic N) is 2. The average molecular weight is 250 g/mol. The fraction of sp³-hybridized carbons (Fsp3) is 0.692. The minimum Gasteiger partial charge on any atom is -0.356 e. The highest BCUT2D eigenvalue weighted by Crippen LogP contribution is 2.14. The van der Waals surface area contributed by atoms with Crippen LogP contribution in [-0.2, 0) is 4.79 Å². The number of carbonyl (C=O) groups excluding carboxylic acids is 1. The summed E-state index contributed by atoms with van der Waals surface area (Å²) < 4.78 is 1.93. The zero-order valence-electron chi connectivity index (χ0n) is 11.4. The molecule has 0 bridgehead atoms. The molecule has 2 N–H and O–H groups in total. The molecule has 0 saturated carbocycles. The summed E-state index contributed by atoms with van der Waals surface area (Å²) in [6.45, 7) is 8.86. The van der Waals surface area contributed by atoms with E-state index in [1.165, 1.54) is 0 Å². The van der Waals surface area contributed by atoms with E-state index in [2.05, 4.69) is 15.7 Å². The van der Waals surface area contributed by atoms with E-state index in [-0.39, 0.29) is 11.9 Å². The van der Waals surface area contributed by atoms with E-state index < -0.39 is 0 Å². The molecule has 0 aliphatic carbocycles. The van der Waals surface area contributed by atoms with Gasteiger partial charge in [0, 0.05) is 37.7 Å². The molecule has 5 heteroatoms. The second-order valence-electron chi connectivity index (χ2n) is 5.25. The number of amides is 1. The molecule has 1 amide bonds. The van der Waals surface area contributed by atoms with Crippen molar-refractivity contribution < 1.29 is 4.79 Å². The van der Waals surface area contributed by atoms with Crippen molar-refractivity contribution in [1.29, 1.82) is 0 Å². The summed E-state index contributed by atoms with van der Waals surface area (Å²) in [4.78, 5) is 11.8. The third-order valence-corrected chi connectivity index (χ3v) is 3.40. The van der Waals surface area contributed by atoms with Crippen LogP contribution < -0.4 is 10.6 Å². The minimum atomic E-state index is 0.109. The molecule has 2 heterocycles. The van der Waals surface area contributed by atoms with Gasteiger partial charge < -0.3 is 10.6 Å². The van der Waals surface area contributed by atoms with Gasteiger partial charge in [0.1, 0.15) is 0 Å². The van der Waals surface area contributed by atoms with E-state index in [0.29, 0.717) is 12.3 Å². The van der Waals surface area contributed by atoms with Gasteiger partial charge in [-0.3, -0.25) is 9.48 Å². The number of hydrogen-bond acceptors (Lipinski definition) is 3. The maximum atomic E-state index is 11.8. The van der Waals surface area contributed by atoms with Crippen LogP contribution in [0.3, 0.4) is 0 Å². The molecular weight excluding hydrogens is 228 g/mol. The lowest BCUT2D eigenvalue weighted by Crippen LogP contribution is -2.48. The molecule has 1 aromatic heterocycles. The van der Waals surface area contributed by atoms with Gasteiger partial charge in [-0.2, -0.15) is 5.10 Å². The Morgan fingerprint density at radius 2 is 2.33 bits per heavy atom. The smallest absolute Gasteiger partial charge is 0.222 e. The summed E-state index contributed by atoms with van der Waals surface area (Å²) in [6.07, 6.45) is 0.488. The van der Waals surface area contributed by atoms with E-state index in [1.807, 2.05) is 31.5 Å². The van der Waals surface area contributed by atoms with Crippen LogP contribution in [0.15, 0.2) is 6.07 Å². The van der Waals surface area contributed by atoms with Crippen molar-refractivity contribution >= 4 is 5.91 Å². The molecule has 0 aromatic carbocycles. The molecule has 0 spiro atoms. The van der Waals surface area contributed by atoms with Crippen molar-refractivity contribution in [2.24, 2.45) is 5.92 Å². The van der Waals surface area contributed by atoms with Gasteiger partial charge in [0.25, 0.3) is 0 Å². The topological polar surface area (TPSA) is 59.0 Å². The number of aromatic nitrogens is 2. The first-order valence-corrected chi connectivity index (χ1v) is 6.56. The van der Waals surface area contributed by atoms with Crippen molar-refractivity contribution in [2.75, 3.05) is 19.6 Å². The Kier molecular flexibility index (Phi) is 4.01.